The second-order valence-electron chi connectivity index (χ2n) is 5.50. The molecule has 0 aliphatic rings. The van der Waals surface area contributed by atoms with E-state index in [1.807, 2.05) is 41.2 Å². The molecule has 7 nitrogen and oxygen atoms in total. The maximum atomic E-state index is 12.4. The van der Waals surface area contributed by atoms with Gasteiger partial charge in [0.05, 0.1) is 22.2 Å². The highest BCUT2D eigenvalue weighted by molar-refractivity contribution is 7.89. The minimum absolute atomic E-state index is 0.118. The van der Waals surface area contributed by atoms with Crippen molar-refractivity contribution in [1.29, 1.82) is 5.26 Å². The summed E-state index contributed by atoms with van der Waals surface area (Å²) < 4.78 is 24.6. The predicted octanol–water partition coefficient (Wildman–Crippen LogP) is 2.61. The van der Waals surface area contributed by atoms with Crippen LogP contribution in [0.4, 0.5) is 0 Å². The molecule has 0 aliphatic carbocycles. The van der Waals surface area contributed by atoms with Gasteiger partial charge in [-0.15, -0.1) is 16.2 Å². The SMILES string of the molecule is Cc1nc(-c2ccccc2)sc1C(=O)NNS(=O)(=O)c1cccc(C#N)c1. The Morgan fingerprint density at radius 3 is 2.59 bits per heavy atom. The molecule has 136 valence electrons. The standard InChI is InChI=1S/C18H14N4O3S2/c1-12-16(26-18(20-12)14-7-3-2-4-8-14)17(23)21-22-27(24,25)15-9-5-6-13(10-15)11-19/h2-10,22H,1H3,(H,21,23). The molecular formula is C18H14N4O3S2. The monoisotopic (exact) mass is 398 g/mol. The van der Waals surface area contributed by atoms with Crippen molar-refractivity contribution in [2.24, 2.45) is 0 Å². The lowest BCUT2D eigenvalue weighted by atomic mass is 10.2. The summed E-state index contributed by atoms with van der Waals surface area (Å²) in [6, 6.07) is 16.8. The van der Waals surface area contributed by atoms with Crippen molar-refractivity contribution in [3.8, 4) is 16.6 Å². The number of carbonyl (C=O) groups is 1. The average Bonchev–Trinajstić information content (AvgIpc) is 3.09. The van der Waals surface area contributed by atoms with Gasteiger partial charge in [-0.25, -0.2) is 13.4 Å². The van der Waals surface area contributed by atoms with Crippen LogP contribution < -0.4 is 10.3 Å². The van der Waals surface area contributed by atoms with Crippen LogP contribution in [0.1, 0.15) is 20.9 Å². The third-order valence-corrected chi connectivity index (χ3v) is 6.05. The van der Waals surface area contributed by atoms with Crippen molar-refractivity contribution in [3.05, 3.63) is 70.7 Å². The maximum absolute atomic E-state index is 12.4. The molecule has 0 saturated carbocycles. The number of benzene rings is 2. The molecule has 0 fully saturated rings. The summed E-state index contributed by atoms with van der Waals surface area (Å²) in [7, 11) is -4.00. The number of hydrogen-bond donors (Lipinski definition) is 2. The molecule has 0 radical (unpaired) electrons. The molecule has 0 saturated heterocycles. The molecular weight excluding hydrogens is 384 g/mol. The van der Waals surface area contributed by atoms with Crippen LogP contribution in [0.2, 0.25) is 0 Å². The molecule has 0 spiro atoms. The molecule has 9 heteroatoms. The molecule has 27 heavy (non-hydrogen) atoms. The van der Waals surface area contributed by atoms with Crippen LogP contribution in [0.5, 0.6) is 0 Å². The molecule has 3 aromatic rings. The first-order chi connectivity index (χ1) is 12.9. The lowest BCUT2D eigenvalue weighted by Crippen LogP contribution is -2.41. The van der Waals surface area contributed by atoms with E-state index in [2.05, 4.69) is 10.4 Å². The van der Waals surface area contributed by atoms with Crippen LogP contribution in [0, 0.1) is 18.3 Å². The van der Waals surface area contributed by atoms with Gasteiger partial charge in [-0.1, -0.05) is 36.4 Å². The minimum atomic E-state index is -4.00. The molecule has 3 rings (SSSR count). The average molecular weight is 398 g/mol. The first kappa shape index (κ1) is 18.7. The number of nitrogens with zero attached hydrogens (tertiary/aromatic N) is 2. The summed E-state index contributed by atoms with van der Waals surface area (Å²) in [5, 5.41) is 9.55. The smallest absolute Gasteiger partial charge is 0.273 e. The second-order valence-corrected chi connectivity index (χ2v) is 8.18. The highest BCUT2D eigenvalue weighted by atomic mass is 32.2. The summed E-state index contributed by atoms with van der Waals surface area (Å²) in [5.41, 5.74) is 3.77. The predicted molar refractivity (Wildman–Crippen MR) is 101 cm³/mol. The fraction of sp³-hybridized carbons (Fsp3) is 0.0556. The first-order valence-corrected chi connectivity index (χ1v) is 10.1. The second kappa shape index (κ2) is 7.67. The number of rotatable bonds is 5. The number of hydrazine groups is 1. The molecule has 1 aromatic heterocycles. The van der Waals surface area contributed by atoms with Gasteiger partial charge in [-0.2, -0.15) is 5.26 Å². The summed E-state index contributed by atoms with van der Waals surface area (Å²) in [6.45, 7) is 1.68. The Morgan fingerprint density at radius 1 is 1.15 bits per heavy atom. The zero-order valence-electron chi connectivity index (χ0n) is 14.1. The quantitative estimate of drug-likeness (QED) is 0.642. The van der Waals surface area contributed by atoms with E-state index in [1.54, 1.807) is 6.92 Å². The van der Waals surface area contributed by atoms with Crippen molar-refractivity contribution in [2.45, 2.75) is 11.8 Å². The normalized spacial score (nSPS) is 11.0. The number of nitriles is 1. The molecule has 0 aliphatic heterocycles. The fourth-order valence-electron chi connectivity index (χ4n) is 2.27. The van der Waals surface area contributed by atoms with Crippen molar-refractivity contribution < 1.29 is 13.2 Å². The highest BCUT2D eigenvalue weighted by Gasteiger charge is 2.20. The number of nitrogens with one attached hydrogen (secondary N) is 2. The third kappa shape index (κ3) is 4.20. The lowest BCUT2D eigenvalue weighted by Gasteiger charge is -2.08. The molecule has 0 unspecified atom stereocenters. The van der Waals surface area contributed by atoms with E-state index in [-0.39, 0.29) is 10.5 Å². The number of sulfonamides is 1. The Kier molecular flexibility index (Phi) is 5.32. The van der Waals surface area contributed by atoms with E-state index in [4.69, 9.17) is 5.26 Å². The number of carbonyl (C=O) groups excluding carboxylic acids is 1. The largest absolute Gasteiger partial charge is 0.278 e. The van der Waals surface area contributed by atoms with Gasteiger partial charge >= 0.3 is 0 Å². The Labute approximate surface area is 160 Å². The molecule has 2 N–H and O–H groups in total. The molecule has 1 heterocycles. The van der Waals surface area contributed by atoms with Crippen LogP contribution in [0.15, 0.2) is 59.5 Å². The number of amides is 1. The fourth-order valence-corrected chi connectivity index (χ4v) is 4.13. The Bertz CT molecular complexity index is 1130. The first-order valence-electron chi connectivity index (χ1n) is 7.76. The Balaban J connectivity index is 1.76. The van der Waals surface area contributed by atoms with Crippen LogP contribution in [0.3, 0.4) is 0 Å². The van der Waals surface area contributed by atoms with Crippen LogP contribution in [-0.4, -0.2) is 19.3 Å². The van der Waals surface area contributed by atoms with Crippen LogP contribution >= 0.6 is 11.3 Å². The summed E-state index contributed by atoms with van der Waals surface area (Å²) in [5.74, 6) is -0.604. The highest BCUT2D eigenvalue weighted by Crippen LogP contribution is 2.27. The number of hydrogen-bond acceptors (Lipinski definition) is 6. The molecule has 1 amide bonds. The number of thiazole rings is 1. The van der Waals surface area contributed by atoms with E-state index in [0.29, 0.717) is 15.6 Å². The maximum Gasteiger partial charge on any atom is 0.278 e. The van der Waals surface area contributed by atoms with E-state index in [9.17, 15) is 13.2 Å². The molecule has 2 aromatic carbocycles. The van der Waals surface area contributed by atoms with Gasteiger partial charge in [0, 0.05) is 5.56 Å². The van der Waals surface area contributed by atoms with Gasteiger partial charge in [-0.05, 0) is 25.1 Å². The van der Waals surface area contributed by atoms with Gasteiger partial charge in [0.25, 0.3) is 15.9 Å². The Morgan fingerprint density at radius 2 is 1.89 bits per heavy atom. The van der Waals surface area contributed by atoms with E-state index >= 15 is 0 Å². The van der Waals surface area contributed by atoms with Gasteiger partial charge < -0.3 is 0 Å². The third-order valence-electron chi connectivity index (χ3n) is 3.60. The van der Waals surface area contributed by atoms with Gasteiger partial charge in [0.15, 0.2) is 0 Å². The van der Waals surface area contributed by atoms with Crippen molar-refractivity contribution >= 4 is 27.3 Å². The van der Waals surface area contributed by atoms with Crippen molar-refractivity contribution in [3.63, 3.8) is 0 Å². The number of aromatic nitrogens is 1. The lowest BCUT2D eigenvalue weighted by molar-refractivity contribution is 0.0948. The molecule has 0 atom stereocenters. The van der Waals surface area contributed by atoms with E-state index in [0.717, 1.165) is 5.56 Å². The van der Waals surface area contributed by atoms with Gasteiger partial charge in [-0.3, -0.25) is 10.2 Å². The Hall–Kier alpha value is -3.06. The summed E-state index contributed by atoms with van der Waals surface area (Å²) >= 11 is 1.17. The van der Waals surface area contributed by atoms with Crippen LogP contribution in [0.25, 0.3) is 10.6 Å². The summed E-state index contributed by atoms with van der Waals surface area (Å²) in [4.78, 5) is 19.0. The van der Waals surface area contributed by atoms with Gasteiger partial charge in [0.2, 0.25) is 0 Å². The van der Waals surface area contributed by atoms with Gasteiger partial charge in [0.1, 0.15) is 9.88 Å². The van der Waals surface area contributed by atoms with Crippen LogP contribution in [-0.2, 0) is 10.0 Å². The van der Waals surface area contributed by atoms with Crippen molar-refractivity contribution in [1.82, 2.24) is 15.2 Å². The zero-order valence-corrected chi connectivity index (χ0v) is 15.8. The van der Waals surface area contributed by atoms with E-state index in [1.165, 1.54) is 35.6 Å². The topological polar surface area (TPSA) is 112 Å². The summed E-state index contributed by atoms with van der Waals surface area (Å²) in [6.07, 6.45) is 0. The van der Waals surface area contributed by atoms with Crippen molar-refractivity contribution in [2.75, 3.05) is 0 Å². The number of aryl methyl sites for hydroxylation is 1. The minimum Gasteiger partial charge on any atom is -0.273 e. The zero-order chi connectivity index (χ0) is 19.4. The van der Waals surface area contributed by atoms with E-state index < -0.39 is 15.9 Å². The molecule has 0 bridgehead atoms.